The van der Waals surface area contributed by atoms with Crippen molar-refractivity contribution in [1.29, 1.82) is 0 Å². The van der Waals surface area contributed by atoms with Crippen LogP contribution in [0, 0.1) is 17.0 Å². The zero-order valence-corrected chi connectivity index (χ0v) is 15.5. The molecule has 25 heavy (non-hydrogen) atoms. The van der Waals surface area contributed by atoms with Crippen molar-refractivity contribution in [2.45, 2.75) is 13.5 Å². The van der Waals surface area contributed by atoms with Crippen LogP contribution in [0.3, 0.4) is 0 Å². The maximum absolute atomic E-state index is 12.2. The quantitative estimate of drug-likeness (QED) is 0.406. The van der Waals surface area contributed by atoms with Gasteiger partial charge in [-0.25, -0.2) is 4.79 Å². The molecule has 0 aliphatic rings. The van der Waals surface area contributed by atoms with Crippen LogP contribution in [-0.4, -0.2) is 25.1 Å². The Balaban J connectivity index is 2.17. The molecular formula is C17H16BrNO6. The molecule has 0 saturated heterocycles. The van der Waals surface area contributed by atoms with Crippen LogP contribution < -0.4 is 9.47 Å². The molecule has 0 atom stereocenters. The van der Waals surface area contributed by atoms with E-state index in [1.54, 1.807) is 19.1 Å². The number of halogens is 1. The van der Waals surface area contributed by atoms with E-state index >= 15 is 0 Å². The SMILES string of the molecule is COc1cc(COC(=O)c2ccc([N+](=O)[O-])c(C)c2)c(OC)cc1Br. The predicted molar refractivity (Wildman–Crippen MR) is 94.2 cm³/mol. The van der Waals surface area contributed by atoms with Gasteiger partial charge in [0.2, 0.25) is 0 Å². The minimum absolute atomic E-state index is 0.0261. The number of carbonyl (C=O) groups is 1. The number of rotatable bonds is 6. The molecule has 0 N–H and O–H groups in total. The van der Waals surface area contributed by atoms with Crippen LogP contribution in [0.2, 0.25) is 0 Å². The van der Waals surface area contributed by atoms with E-state index in [1.165, 1.54) is 32.4 Å². The molecule has 7 nitrogen and oxygen atoms in total. The third kappa shape index (κ3) is 4.27. The van der Waals surface area contributed by atoms with Crippen molar-refractivity contribution in [3.63, 3.8) is 0 Å². The lowest BCUT2D eigenvalue weighted by molar-refractivity contribution is -0.385. The zero-order chi connectivity index (χ0) is 18.6. The summed E-state index contributed by atoms with van der Waals surface area (Å²) in [5, 5.41) is 10.8. The van der Waals surface area contributed by atoms with E-state index in [9.17, 15) is 14.9 Å². The number of methoxy groups -OCH3 is 2. The van der Waals surface area contributed by atoms with Crippen molar-refractivity contribution >= 4 is 27.6 Å². The summed E-state index contributed by atoms with van der Waals surface area (Å²) < 4.78 is 16.5. The third-order valence-corrected chi connectivity index (χ3v) is 4.16. The second-order valence-electron chi connectivity index (χ2n) is 5.13. The highest BCUT2D eigenvalue weighted by Gasteiger charge is 2.16. The second kappa shape index (κ2) is 7.98. The third-order valence-electron chi connectivity index (χ3n) is 3.54. The van der Waals surface area contributed by atoms with Crippen molar-refractivity contribution in [1.82, 2.24) is 0 Å². The van der Waals surface area contributed by atoms with Gasteiger partial charge in [0, 0.05) is 17.2 Å². The number of benzene rings is 2. The van der Waals surface area contributed by atoms with Crippen molar-refractivity contribution in [3.8, 4) is 11.5 Å². The van der Waals surface area contributed by atoms with Gasteiger partial charge in [0.05, 0.1) is 29.2 Å². The normalized spacial score (nSPS) is 10.2. The Morgan fingerprint density at radius 2 is 1.84 bits per heavy atom. The Morgan fingerprint density at radius 3 is 2.40 bits per heavy atom. The van der Waals surface area contributed by atoms with Crippen LogP contribution >= 0.6 is 15.9 Å². The van der Waals surface area contributed by atoms with E-state index in [1.807, 2.05) is 0 Å². The molecule has 0 aromatic heterocycles. The van der Waals surface area contributed by atoms with E-state index in [0.717, 1.165) is 0 Å². The van der Waals surface area contributed by atoms with E-state index in [2.05, 4.69) is 15.9 Å². The number of carbonyl (C=O) groups excluding carboxylic acids is 1. The molecule has 0 spiro atoms. The first-order chi connectivity index (χ1) is 11.9. The number of nitrogens with zero attached hydrogens (tertiary/aromatic N) is 1. The summed E-state index contributed by atoms with van der Waals surface area (Å²) in [6.07, 6.45) is 0. The van der Waals surface area contributed by atoms with E-state index in [4.69, 9.17) is 14.2 Å². The molecule has 0 fully saturated rings. The fourth-order valence-electron chi connectivity index (χ4n) is 2.25. The molecule has 2 aromatic rings. The van der Waals surface area contributed by atoms with Crippen LogP contribution in [0.25, 0.3) is 0 Å². The fraction of sp³-hybridized carbons (Fsp3) is 0.235. The van der Waals surface area contributed by atoms with Crippen LogP contribution in [0.1, 0.15) is 21.5 Å². The Morgan fingerprint density at radius 1 is 1.16 bits per heavy atom. The summed E-state index contributed by atoms with van der Waals surface area (Å²) in [5.74, 6) is 0.542. The monoisotopic (exact) mass is 409 g/mol. The predicted octanol–water partition coefficient (Wildman–Crippen LogP) is 4.04. The molecule has 0 unspecified atom stereocenters. The number of ether oxygens (including phenoxy) is 3. The van der Waals surface area contributed by atoms with Gasteiger partial charge in [-0.1, -0.05) is 0 Å². The second-order valence-corrected chi connectivity index (χ2v) is 5.99. The highest BCUT2D eigenvalue weighted by atomic mass is 79.9. The van der Waals surface area contributed by atoms with Gasteiger partial charge >= 0.3 is 5.97 Å². The topological polar surface area (TPSA) is 87.9 Å². The van der Waals surface area contributed by atoms with Crippen molar-refractivity contribution in [3.05, 3.63) is 61.6 Å². The summed E-state index contributed by atoms with van der Waals surface area (Å²) in [4.78, 5) is 22.5. The van der Waals surface area contributed by atoms with Gasteiger partial charge in [-0.05, 0) is 47.1 Å². The molecule has 0 saturated carbocycles. The van der Waals surface area contributed by atoms with Crippen molar-refractivity contribution in [2.24, 2.45) is 0 Å². The number of hydrogen-bond acceptors (Lipinski definition) is 6. The van der Waals surface area contributed by atoms with Gasteiger partial charge in [-0.15, -0.1) is 0 Å². The molecular weight excluding hydrogens is 394 g/mol. The molecule has 0 bridgehead atoms. The molecule has 0 amide bonds. The summed E-state index contributed by atoms with van der Waals surface area (Å²) in [6, 6.07) is 7.51. The maximum atomic E-state index is 12.2. The lowest BCUT2D eigenvalue weighted by Gasteiger charge is -2.13. The average molecular weight is 410 g/mol. The zero-order valence-electron chi connectivity index (χ0n) is 13.9. The lowest BCUT2D eigenvalue weighted by atomic mass is 10.1. The first kappa shape index (κ1) is 18.7. The van der Waals surface area contributed by atoms with Gasteiger partial charge in [0.25, 0.3) is 5.69 Å². The summed E-state index contributed by atoms with van der Waals surface area (Å²) in [7, 11) is 3.04. The molecule has 8 heteroatoms. The highest BCUT2D eigenvalue weighted by Crippen LogP contribution is 2.33. The minimum Gasteiger partial charge on any atom is -0.496 e. The van der Waals surface area contributed by atoms with Crippen LogP contribution in [-0.2, 0) is 11.3 Å². The number of esters is 1. The lowest BCUT2D eigenvalue weighted by Crippen LogP contribution is -2.07. The van der Waals surface area contributed by atoms with Crippen LogP contribution in [0.5, 0.6) is 11.5 Å². The minimum atomic E-state index is -0.582. The number of aryl methyl sites for hydroxylation is 1. The van der Waals surface area contributed by atoms with Crippen LogP contribution in [0.4, 0.5) is 5.69 Å². The molecule has 0 heterocycles. The largest absolute Gasteiger partial charge is 0.496 e. The highest BCUT2D eigenvalue weighted by molar-refractivity contribution is 9.10. The fourth-order valence-corrected chi connectivity index (χ4v) is 2.73. The molecule has 0 aliphatic heterocycles. The average Bonchev–Trinajstić information content (AvgIpc) is 2.59. The molecule has 132 valence electrons. The van der Waals surface area contributed by atoms with Gasteiger partial charge in [0.15, 0.2) is 0 Å². The van der Waals surface area contributed by atoms with Gasteiger partial charge in [-0.2, -0.15) is 0 Å². The van der Waals surface area contributed by atoms with Crippen molar-refractivity contribution in [2.75, 3.05) is 14.2 Å². The van der Waals surface area contributed by atoms with Crippen molar-refractivity contribution < 1.29 is 23.9 Å². The number of nitro groups is 1. The Bertz CT molecular complexity index is 821. The smallest absolute Gasteiger partial charge is 0.338 e. The Labute approximate surface area is 152 Å². The summed E-state index contributed by atoms with van der Waals surface area (Å²) in [5.41, 5.74) is 1.22. The van der Waals surface area contributed by atoms with E-state index in [-0.39, 0.29) is 17.9 Å². The number of hydrogen-bond donors (Lipinski definition) is 0. The first-order valence-corrected chi connectivity index (χ1v) is 7.99. The Hall–Kier alpha value is -2.61. The Kier molecular flexibility index (Phi) is 5.97. The van der Waals surface area contributed by atoms with E-state index in [0.29, 0.717) is 27.1 Å². The number of nitro benzene ring substituents is 1. The summed E-state index contributed by atoms with van der Waals surface area (Å²) >= 11 is 3.36. The molecule has 0 aliphatic carbocycles. The van der Waals surface area contributed by atoms with E-state index < -0.39 is 10.9 Å². The molecule has 0 radical (unpaired) electrons. The van der Waals surface area contributed by atoms with Gasteiger partial charge in [0.1, 0.15) is 18.1 Å². The maximum Gasteiger partial charge on any atom is 0.338 e. The molecule has 2 aromatic carbocycles. The summed E-state index contributed by atoms with van der Waals surface area (Å²) in [6.45, 7) is 1.54. The first-order valence-electron chi connectivity index (χ1n) is 7.20. The van der Waals surface area contributed by atoms with Gasteiger partial charge < -0.3 is 14.2 Å². The molecule has 2 rings (SSSR count). The van der Waals surface area contributed by atoms with Crippen LogP contribution in [0.15, 0.2) is 34.8 Å². The standard InChI is InChI=1S/C17H16BrNO6/c1-10-6-11(4-5-14(10)19(21)22)17(20)25-9-12-7-16(24-3)13(18)8-15(12)23-2/h4-8H,9H2,1-3H3. The van der Waals surface area contributed by atoms with Gasteiger partial charge in [-0.3, -0.25) is 10.1 Å².